The lowest BCUT2D eigenvalue weighted by Crippen LogP contribution is -2.35. The van der Waals surface area contributed by atoms with Crippen LogP contribution in [0, 0.1) is 0 Å². The minimum atomic E-state index is -3.64. The van der Waals surface area contributed by atoms with Gasteiger partial charge in [0, 0.05) is 30.3 Å². The molecule has 2 aromatic rings. The van der Waals surface area contributed by atoms with Crippen molar-refractivity contribution in [3.05, 3.63) is 59.1 Å². The van der Waals surface area contributed by atoms with Gasteiger partial charge in [-0.1, -0.05) is 29.8 Å². The van der Waals surface area contributed by atoms with E-state index < -0.39 is 10.0 Å². The van der Waals surface area contributed by atoms with Gasteiger partial charge in [-0.05, 0) is 49.2 Å². The maximum absolute atomic E-state index is 12.3. The first-order chi connectivity index (χ1) is 12.8. The van der Waals surface area contributed by atoms with Crippen LogP contribution in [0.25, 0.3) is 0 Å². The number of hydrogen-bond donors (Lipinski definition) is 2. The Morgan fingerprint density at radius 1 is 1.15 bits per heavy atom. The monoisotopic (exact) mass is 410 g/mol. The van der Waals surface area contributed by atoms with E-state index in [4.69, 9.17) is 16.3 Å². The number of halogens is 1. The first kappa shape index (κ1) is 21.4. The molecule has 0 aromatic heterocycles. The summed E-state index contributed by atoms with van der Waals surface area (Å²) >= 11 is 6.08. The summed E-state index contributed by atoms with van der Waals surface area (Å²) in [4.78, 5) is 12.2. The van der Waals surface area contributed by atoms with Crippen LogP contribution in [0.2, 0.25) is 5.02 Å². The quantitative estimate of drug-likeness (QED) is 0.664. The Labute approximate surface area is 164 Å². The second kappa shape index (κ2) is 9.85. The van der Waals surface area contributed by atoms with Gasteiger partial charge in [0.05, 0.1) is 11.5 Å². The maximum atomic E-state index is 12.3. The van der Waals surface area contributed by atoms with Gasteiger partial charge in [0.25, 0.3) is 0 Å². The number of carbonyl (C=O) groups excluding carboxylic acids is 1. The fourth-order valence-electron chi connectivity index (χ4n) is 2.51. The third-order valence-corrected chi connectivity index (χ3v) is 5.77. The predicted octanol–water partition coefficient (Wildman–Crippen LogP) is 3.22. The van der Waals surface area contributed by atoms with E-state index in [1.54, 1.807) is 25.1 Å². The second-order valence-corrected chi connectivity index (χ2v) is 8.26. The number of nitrogens with one attached hydrogen (secondary N) is 2. The summed E-state index contributed by atoms with van der Waals surface area (Å²) in [6.07, 6.45) is 0.805. The largest absolute Gasteiger partial charge is 0.383 e. The van der Waals surface area contributed by atoms with Crippen LogP contribution in [0.3, 0.4) is 0 Å². The SMILES string of the molecule is COCC(C)NS(=O)(=O)c1ccc(NC(=O)CCc2ccccc2Cl)cc1. The van der Waals surface area contributed by atoms with Gasteiger partial charge in [-0.2, -0.15) is 0 Å². The van der Waals surface area contributed by atoms with Crippen molar-refractivity contribution in [3.8, 4) is 0 Å². The summed E-state index contributed by atoms with van der Waals surface area (Å²) in [5, 5.41) is 3.39. The van der Waals surface area contributed by atoms with Gasteiger partial charge in [0.1, 0.15) is 0 Å². The van der Waals surface area contributed by atoms with E-state index in [9.17, 15) is 13.2 Å². The van der Waals surface area contributed by atoms with Gasteiger partial charge in [-0.25, -0.2) is 13.1 Å². The Morgan fingerprint density at radius 3 is 2.44 bits per heavy atom. The highest BCUT2D eigenvalue weighted by Crippen LogP contribution is 2.18. The van der Waals surface area contributed by atoms with Crippen LogP contribution in [0.4, 0.5) is 5.69 Å². The fourth-order valence-corrected chi connectivity index (χ4v) is 3.97. The average molecular weight is 411 g/mol. The highest BCUT2D eigenvalue weighted by atomic mass is 35.5. The van der Waals surface area contributed by atoms with Gasteiger partial charge in [-0.15, -0.1) is 0 Å². The summed E-state index contributed by atoms with van der Waals surface area (Å²) in [6.45, 7) is 1.99. The van der Waals surface area contributed by atoms with Crippen molar-refractivity contribution in [3.63, 3.8) is 0 Å². The van der Waals surface area contributed by atoms with Crippen LogP contribution in [0.15, 0.2) is 53.4 Å². The standard InChI is InChI=1S/C19H23ClN2O4S/c1-14(13-26-2)22-27(24,25)17-10-8-16(9-11-17)21-19(23)12-7-15-5-3-4-6-18(15)20/h3-6,8-11,14,22H,7,12-13H2,1-2H3,(H,21,23). The van der Waals surface area contributed by atoms with E-state index in [1.807, 2.05) is 18.2 Å². The van der Waals surface area contributed by atoms with Crippen molar-refractivity contribution < 1.29 is 17.9 Å². The molecule has 0 aliphatic heterocycles. The molecule has 146 valence electrons. The number of anilines is 1. The van der Waals surface area contributed by atoms with E-state index in [0.29, 0.717) is 17.1 Å². The zero-order valence-electron chi connectivity index (χ0n) is 15.2. The Morgan fingerprint density at radius 2 is 1.81 bits per heavy atom. The van der Waals surface area contributed by atoms with Crippen LogP contribution in [0.5, 0.6) is 0 Å². The molecule has 1 unspecified atom stereocenters. The highest BCUT2D eigenvalue weighted by Gasteiger charge is 2.17. The van der Waals surface area contributed by atoms with Crippen molar-refractivity contribution >= 4 is 33.2 Å². The van der Waals surface area contributed by atoms with Crippen LogP contribution < -0.4 is 10.0 Å². The van der Waals surface area contributed by atoms with Crippen molar-refractivity contribution in [2.24, 2.45) is 0 Å². The Hall–Kier alpha value is -1.93. The van der Waals surface area contributed by atoms with Gasteiger partial charge in [-0.3, -0.25) is 4.79 Å². The summed E-state index contributed by atoms with van der Waals surface area (Å²) < 4.78 is 32.0. The lowest BCUT2D eigenvalue weighted by molar-refractivity contribution is -0.116. The maximum Gasteiger partial charge on any atom is 0.240 e. The fraction of sp³-hybridized carbons (Fsp3) is 0.316. The molecule has 2 N–H and O–H groups in total. The number of aryl methyl sites for hydroxylation is 1. The smallest absolute Gasteiger partial charge is 0.240 e. The molecule has 6 nitrogen and oxygen atoms in total. The number of hydrogen-bond acceptors (Lipinski definition) is 4. The molecule has 27 heavy (non-hydrogen) atoms. The number of benzene rings is 2. The lowest BCUT2D eigenvalue weighted by Gasteiger charge is -2.13. The van der Waals surface area contributed by atoms with Gasteiger partial charge in [0.15, 0.2) is 0 Å². The van der Waals surface area contributed by atoms with Crippen molar-refractivity contribution in [1.29, 1.82) is 0 Å². The first-order valence-electron chi connectivity index (χ1n) is 8.46. The first-order valence-corrected chi connectivity index (χ1v) is 10.3. The minimum Gasteiger partial charge on any atom is -0.383 e. The van der Waals surface area contributed by atoms with Gasteiger partial charge >= 0.3 is 0 Å². The number of amides is 1. The summed E-state index contributed by atoms with van der Waals surface area (Å²) in [7, 11) is -2.13. The number of carbonyl (C=O) groups is 1. The molecule has 0 saturated carbocycles. The lowest BCUT2D eigenvalue weighted by atomic mass is 10.1. The third kappa shape index (κ3) is 6.62. The van der Waals surface area contributed by atoms with Gasteiger partial charge < -0.3 is 10.1 Å². The molecule has 2 aromatic carbocycles. The van der Waals surface area contributed by atoms with Crippen molar-refractivity contribution in [2.75, 3.05) is 19.0 Å². The zero-order valence-corrected chi connectivity index (χ0v) is 16.8. The highest BCUT2D eigenvalue weighted by molar-refractivity contribution is 7.89. The molecular weight excluding hydrogens is 388 g/mol. The molecule has 1 atom stereocenters. The minimum absolute atomic E-state index is 0.125. The van der Waals surface area contributed by atoms with Crippen LogP contribution in [-0.4, -0.2) is 34.1 Å². The number of rotatable bonds is 9. The summed E-state index contributed by atoms with van der Waals surface area (Å²) in [5.74, 6) is -0.169. The normalized spacial score (nSPS) is 12.6. The Kier molecular flexibility index (Phi) is 7.79. The van der Waals surface area contributed by atoms with E-state index in [-0.39, 0.29) is 29.9 Å². The van der Waals surface area contributed by atoms with E-state index in [2.05, 4.69) is 10.0 Å². The summed E-state index contributed by atoms with van der Waals surface area (Å²) in [6, 6.07) is 13.1. The molecule has 0 aliphatic carbocycles. The topological polar surface area (TPSA) is 84.5 Å². The molecule has 0 spiro atoms. The number of methoxy groups -OCH3 is 1. The summed E-state index contributed by atoms with van der Waals surface area (Å²) in [5.41, 5.74) is 1.44. The molecule has 0 aliphatic rings. The molecule has 1 amide bonds. The molecule has 0 radical (unpaired) electrons. The van der Waals surface area contributed by atoms with Crippen LogP contribution in [-0.2, 0) is 26.0 Å². The second-order valence-electron chi connectivity index (χ2n) is 6.14. The van der Waals surface area contributed by atoms with E-state index >= 15 is 0 Å². The van der Waals surface area contributed by atoms with E-state index in [0.717, 1.165) is 5.56 Å². The molecule has 8 heteroatoms. The van der Waals surface area contributed by atoms with Crippen LogP contribution in [0.1, 0.15) is 18.9 Å². The predicted molar refractivity (Wildman–Crippen MR) is 107 cm³/mol. The third-order valence-electron chi connectivity index (χ3n) is 3.80. The molecule has 0 fully saturated rings. The Balaban J connectivity index is 1.93. The molecule has 0 heterocycles. The number of sulfonamides is 1. The van der Waals surface area contributed by atoms with Crippen molar-refractivity contribution in [1.82, 2.24) is 4.72 Å². The Bertz CT molecular complexity index is 870. The van der Waals surface area contributed by atoms with Crippen molar-refractivity contribution in [2.45, 2.75) is 30.7 Å². The molecule has 2 rings (SSSR count). The molecule has 0 saturated heterocycles. The van der Waals surface area contributed by atoms with E-state index in [1.165, 1.54) is 19.2 Å². The molecular formula is C19H23ClN2O4S. The average Bonchev–Trinajstić information content (AvgIpc) is 2.61. The van der Waals surface area contributed by atoms with Gasteiger partial charge in [0.2, 0.25) is 15.9 Å². The zero-order chi connectivity index (χ0) is 19.9. The van der Waals surface area contributed by atoms with Crippen LogP contribution >= 0.6 is 11.6 Å². The molecule has 0 bridgehead atoms. The number of ether oxygens (including phenoxy) is 1.